The lowest BCUT2D eigenvalue weighted by molar-refractivity contribution is -0.117. The predicted octanol–water partition coefficient (Wildman–Crippen LogP) is 4.31. The molecular formula is C28H28N2O5. The predicted molar refractivity (Wildman–Crippen MR) is 134 cm³/mol. The number of amides is 2. The summed E-state index contributed by atoms with van der Waals surface area (Å²) in [5.41, 5.74) is 4.15. The van der Waals surface area contributed by atoms with Crippen molar-refractivity contribution in [2.45, 2.75) is 19.8 Å². The maximum absolute atomic E-state index is 13.4. The van der Waals surface area contributed by atoms with Crippen molar-refractivity contribution in [2.24, 2.45) is 0 Å². The van der Waals surface area contributed by atoms with Crippen LogP contribution in [-0.4, -0.2) is 38.9 Å². The molecule has 1 aliphatic heterocycles. The van der Waals surface area contributed by atoms with Crippen molar-refractivity contribution in [2.75, 3.05) is 25.7 Å². The Morgan fingerprint density at radius 3 is 2.37 bits per heavy atom. The van der Waals surface area contributed by atoms with E-state index in [0.717, 1.165) is 22.4 Å². The standard InChI is InChI=1S/C28H28N2O5/c1-19-8-10-21(11-9-19)18-30-23-6-4-5-7-24(23)35-25(28(30)32)16-20-12-14-22(15-13-20)27(31)29-17-26(33-2)34-3/h4-16,26H,17-18H2,1-3H3,(H,29,31). The molecule has 7 nitrogen and oxygen atoms in total. The fraction of sp³-hybridized carbons (Fsp3) is 0.214. The van der Waals surface area contributed by atoms with E-state index in [1.165, 1.54) is 14.2 Å². The van der Waals surface area contributed by atoms with Crippen LogP contribution in [0, 0.1) is 6.92 Å². The molecule has 0 saturated heterocycles. The molecule has 1 N–H and O–H groups in total. The van der Waals surface area contributed by atoms with Gasteiger partial charge in [-0.15, -0.1) is 0 Å². The lowest BCUT2D eigenvalue weighted by atomic mass is 10.1. The number of ether oxygens (including phenoxy) is 3. The monoisotopic (exact) mass is 472 g/mol. The Labute approximate surface area is 204 Å². The van der Waals surface area contributed by atoms with Gasteiger partial charge >= 0.3 is 0 Å². The number of fused-ring (bicyclic) bond motifs is 1. The number of carbonyl (C=O) groups excluding carboxylic acids is 2. The summed E-state index contributed by atoms with van der Waals surface area (Å²) in [6.07, 6.45) is 1.18. The molecule has 0 fully saturated rings. The normalized spacial score (nSPS) is 14.1. The highest BCUT2D eigenvalue weighted by Crippen LogP contribution is 2.36. The maximum Gasteiger partial charge on any atom is 0.294 e. The Hall–Kier alpha value is -3.94. The third-order valence-electron chi connectivity index (χ3n) is 5.72. The lowest BCUT2D eigenvalue weighted by Crippen LogP contribution is -2.36. The van der Waals surface area contributed by atoms with Gasteiger partial charge in [0.1, 0.15) is 0 Å². The van der Waals surface area contributed by atoms with Crippen LogP contribution in [0.1, 0.15) is 27.0 Å². The summed E-state index contributed by atoms with van der Waals surface area (Å²) in [6.45, 7) is 2.70. The van der Waals surface area contributed by atoms with E-state index in [-0.39, 0.29) is 24.1 Å². The molecule has 4 rings (SSSR count). The molecule has 0 bridgehead atoms. The van der Waals surface area contributed by atoms with E-state index in [1.54, 1.807) is 35.2 Å². The number of anilines is 1. The van der Waals surface area contributed by atoms with Crippen LogP contribution in [-0.2, 0) is 20.8 Å². The maximum atomic E-state index is 13.4. The first-order valence-corrected chi connectivity index (χ1v) is 11.3. The van der Waals surface area contributed by atoms with Crippen LogP contribution in [0.4, 0.5) is 5.69 Å². The number of nitrogens with zero attached hydrogens (tertiary/aromatic N) is 1. The topological polar surface area (TPSA) is 77.1 Å². The zero-order valence-corrected chi connectivity index (χ0v) is 20.0. The molecule has 1 heterocycles. The number of benzene rings is 3. The Bertz CT molecular complexity index is 1210. The minimum atomic E-state index is -0.511. The van der Waals surface area contributed by atoms with E-state index in [2.05, 4.69) is 5.32 Å². The number of carbonyl (C=O) groups is 2. The number of hydrogen-bond acceptors (Lipinski definition) is 5. The van der Waals surface area contributed by atoms with Crippen LogP contribution in [0.25, 0.3) is 6.08 Å². The fourth-order valence-corrected chi connectivity index (χ4v) is 3.72. The van der Waals surface area contributed by atoms with Crippen molar-refractivity contribution in [3.63, 3.8) is 0 Å². The van der Waals surface area contributed by atoms with Crippen molar-refractivity contribution in [3.05, 3.63) is 101 Å². The quantitative estimate of drug-likeness (QED) is 0.391. The highest BCUT2D eigenvalue weighted by Gasteiger charge is 2.30. The Morgan fingerprint density at radius 2 is 1.69 bits per heavy atom. The van der Waals surface area contributed by atoms with Crippen LogP contribution >= 0.6 is 0 Å². The highest BCUT2D eigenvalue weighted by molar-refractivity contribution is 6.09. The summed E-state index contributed by atoms with van der Waals surface area (Å²) >= 11 is 0. The molecule has 0 spiro atoms. The fourth-order valence-electron chi connectivity index (χ4n) is 3.72. The molecular weight excluding hydrogens is 444 g/mol. The van der Waals surface area contributed by atoms with Gasteiger partial charge in [-0.05, 0) is 48.4 Å². The molecule has 3 aromatic carbocycles. The molecule has 7 heteroatoms. The van der Waals surface area contributed by atoms with Gasteiger partial charge in [0.05, 0.1) is 18.8 Å². The van der Waals surface area contributed by atoms with Gasteiger partial charge in [-0.25, -0.2) is 0 Å². The van der Waals surface area contributed by atoms with Gasteiger partial charge in [0.15, 0.2) is 17.8 Å². The van der Waals surface area contributed by atoms with Crippen LogP contribution in [0.3, 0.4) is 0 Å². The zero-order valence-electron chi connectivity index (χ0n) is 20.0. The minimum Gasteiger partial charge on any atom is -0.449 e. The first kappa shape index (κ1) is 24.2. The molecule has 0 radical (unpaired) electrons. The Morgan fingerprint density at radius 1 is 1.00 bits per heavy atom. The van der Waals surface area contributed by atoms with Gasteiger partial charge in [0, 0.05) is 19.8 Å². The second kappa shape index (κ2) is 11.0. The van der Waals surface area contributed by atoms with Gasteiger partial charge in [-0.2, -0.15) is 0 Å². The third-order valence-corrected chi connectivity index (χ3v) is 5.72. The first-order chi connectivity index (χ1) is 17.0. The van der Waals surface area contributed by atoms with E-state index in [9.17, 15) is 9.59 Å². The Balaban J connectivity index is 1.53. The summed E-state index contributed by atoms with van der Waals surface area (Å²) in [4.78, 5) is 27.5. The molecule has 3 aromatic rings. The van der Waals surface area contributed by atoms with Crippen molar-refractivity contribution < 1.29 is 23.8 Å². The molecule has 0 unspecified atom stereocenters. The molecule has 0 aromatic heterocycles. The van der Waals surface area contributed by atoms with Crippen LogP contribution < -0.4 is 15.0 Å². The summed E-state index contributed by atoms with van der Waals surface area (Å²) < 4.78 is 16.1. The summed E-state index contributed by atoms with van der Waals surface area (Å²) in [5.74, 6) is 0.367. The van der Waals surface area contributed by atoms with Crippen molar-refractivity contribution >= 4 is 23.6 Å². The summed E-state index contributed by atoms with van der Waals surface area (Å²) in [7, 11) is 3.02. The van der Waals surface area contributed by atoms with Crippen molar-refractivity contribution in [3.8, 4) is 5.75 Å². The number of rotatable bonds is 8. The van der Waals surface area contributed by atoms with Gasteiger partial charge < -0.3 is 19.5 Å². The SMILES string of the molecule is COC(CNC(=O)c1ccc(C=C2Oc3ccccc3N(Cc3ccc(C)cc3)C2=O)cc1)OC. The van der Waals surface area contributed by atoms with E-state index in [4.69, 9.17) is 14.2 Å². The zero-order chi connectivity index (χ0) is 24.8. The molecule has 35 heavy (non-hydrogen) atoms. The van der Waals surface area contributed by atoms with Gasteiger partial charge in [0.2, 0.25) is 0 Å². The third kappa shape index (κ3) is 5.77. The molecule has 0 saturated carbocycles. The van der Waals surface area contributed by atoms with E-state index < -0.39 is 6.29 Å². The average molecular weight is 473 g/mol. The second-order valence-electron chi connectivity index (χ2n) is 8.19. The van der Waals surface area contributed by atoms with E-state index in [1.807, 2.05) is 55.5 Å². The van der Waals surface area contributed by atoms with Crippen LogP contribution in [0.5, 0.6) is 5.75 Å². The van der Waals surface area contributed by atoms with Crippen molar-refractivity contribution in [1.82, 2.24) is 5.32 Å². The largest absolute Gasteiger partial charge is 0.449 e. The van der Waals surface area contributed by atoms with E-state index in [0.29, 0.717) is 17.9 Å². The second-order valence-corrected chi connectivity index (χ2v) is 8.19. The first-order valence-electron chi connectivity index (χ1n) is 11.3. The molecule has 2 amide bonds. The van der Waals surface area contributed by atoms with Gasteiger partial charge in [0.25, 0.3) is 11.8 Å². The van der Waals surface area contributed by atoms with Crippen LogP contribution in [0.2, 0.25) is 0 Å². The van der Waals surface area contributed by atoms with E-state index >= 15 is 0 Å². The van der Waals surface area contributed by atoms with Crippen molar-refractivity contribution in [1.29, 1.82) is 0 Å². The molecule has 1 aliphatic rings. The number of methoxy groups -OCH3 is 2. The molecule has 180 valence electrons. The number of nitrogens with one attached hydrogen (secondary N) is 1. The number of aryl methyl sites for hydroxylation is 1. The number of hydrogen-bond donors (Lipinski definition) is 1. The Kier molecular flexibility index (Phi) is 7.60. The molecule has 0 atom stereocenters. The summed E-state index contributed by atoms with van der Waals surface area (Å²) in [5, 5.41) is 2.76. The lowest BCUT2D eigenvalue weighted by Gasteiger charge is -2.30. The van der Waals surface area contributed by atoms with Crippen LogP contribution in [0.15, 0.2) is 78.6 Å². The smallest absolute Gasteiger partial charge is 0.294 e. The average Bonchev–Trinajstić information content (AvgIpc) is 2.88. The highest BCUT2D eigenvalue weighted by atomic mass is 16.7. The van der Waals surface area contributed by atoms with Gasteiger partial charge in [-0.1, -0.05) is 54.1 Å². The molecule has 0 aliphatic carbocycles. The summed E-state index contributed by atoms with van der Waals surface area (Å²) in [6, 6.07) is 22.5. The number of para-hydroxylation sites is 2. The minimum absolute atomic E-state index is 0.219. The van der Waals surface area contributed by atoms with Gasteiger partial charge in [-0.3, -0.25) is 14.5 Å².